The monoisotopic (exact) mass is 362 g/mol. The lowest BCUT2D eigenvalue weighted by atomic mass is 10.2. The largest absolute Gasteiger partial charge is 0.493 e. The molecule has 0 bridgehead atoms. The summed E-state index contributed by atoms with van der Waals surface area (Å²) in [6, 6.07) is 26.6. The van der Waals surface area contributed by atoms with E-state index in [1.54, 1.807) is 24.3 Å². The predicted octanol–water partition coefficient (Wildman–Crippen LogP) is 4.54. The molecule has 0 amide bonds. The molecule has 0 atom stereocenters. The van der Waals surface area contributed by atoms with Gasteiger partial charge in [-0.1, -0.05) is 48.5 Å². The smallest absolute Gasteiger partial charge is 0.338 e. The molecular formula is C23H22O4. The number of para-hydroxylation sites is 1. The zero-order chi connectivity index (χ0) is 18.7. The summed E-state index contributed by atoms with van der Waals surface area (Å²) in [4.78, 5) is 12.0. The fraction of sp³-hybridized carbons (Fsp3) is 0.174. The van der Waals surface area contributed by atoms with E-state index < -0.39 is 0 Å². The Labute approximate surface area is 159 Å². The summed E-state index contributed by atoms with van der Waals surface area (Å²) in [6.45, 7) is 1.10. The molecule has 0 aliphatic rings. The number of ether oxygens (including phenoxy) is 3. The van der Waals surface area contributed by atoms with Gasteiger partial charge in [0, 0.05) is 6.42 Å². The van der Waals surface area contributed by atoms with E-state index in [1.165, 1.54) is 5.56 Å². The van der Waals surface area contributed by atoms with Crippen LogP contribution in [0, 0.1) is 0 Å². The molecule has 138 valence electrons. The molecule has 0 saturated heterocycles. The van der Waals surface area contributed by atoms with Gasteiger partial charge in [-0.05, 0) is 42.0 Å². The molecule has 0 unspecified atom stereocenters. The fourth-order valence-corrected chi connectivity index (χ4v) is 2.51. The highest BCUT2D eigenvalue weighted by Gasteiger charge is 2.07. The van der Waals surface area contributed by atoms with Crippen molar-refractivity contribution in [1.82, 2.24) is 0 Å². The highest BCUT2D eigenvalue weighted by Crippen LogP contribution is 2.14. The quantitative estimate of drug-likeness (QED) is 0.414. The van der Waals surface area contributed by atoms with Crippen molar-refractivity contribution in [2.24, 2.45) is 0 Å². The van der Waals surface area contributed by atoms with Gasteiger partial charge in [0.15, 0.2) is 0 Å². The molecule has 0 saturated carbocycles. The maximum absolute atomic E-state index is 12.0. The highest BCUT2D eigenvalue weighted by molar-refractivity contribution is 5.89. The molecule has 4 nitrogen and oxygen atoms in total. The van der Waals surface area contributed by atoms with E-state index in [-0.39, 0.29) is 12.6 Å². The summed E-state index contributed by atoms with van der Waals surface area (Å²) in [5.74, 6) is 1.11. The first-order chi connectivity index (χ1) is 13.3. The van der Waals surface area contributed by atoms with Crippen LogP contribution in [0.2, 0.25) is 0 Å². The van der Waals surface area contributed by atoms with E-state index in [9.17, 15) is 4.79 Å². The molecule has 0 radical (unpaired) electrons. The van der Waals surface area contributed by atoms with E-state index in [0.717, 1.165) is 17.9 Å². The minimum absolute atomic E-state index is 0.197. The van der Waals surface area contributed by atoms with Gasteiger partial charge in [0.1, 0.15) is 24.7 Å². The maximum Gasteiger partial charge on any atom is 0.338 e. The van der Waals surface area contributed by atoms with E-state index in [1.807, 2.05) is 48.5 Å². The second-order valence-corrected chi connectivity index (χ2v) is 5.91. The number of hydrogen-bond acceptors (Lipinski definition) is 4. The number of rotatable bonds is 9. The van der Waals surface area contributed by atoms with Gasteiger partial charge >= 0.3 is 5.97 Å². The van der Waals surface area contributed by atoms with Crippen LogP contribution in [-0.2, 0) is 11.2 Å². The van der Waals surface area contributed by atoms with Crippen LogP contribution in [0.4, 0.5) is 0 Å². The molecule has 3 rings (SSSR count). The Morgan fingerprint density at radius 1 is 0.630 bits per heavy atom. The minimum atomic E-state index is -0.373. The third-order valence-electron chi connectivity index (χ3n) is 3.92. The third kappa shape index (κ3) is 6.19. The maximum atomic E-state index is 12.0. The van der Waals surface area contributed by atoms with Crippen LogP contribution in [0.15, 0.2) is 84.9 Å². The Balaban J connectivity index is 1.38. The second-order valence-electron chi connectivity index (χ2n) is 5.91. The Morgan fingerprint density at radius 3 is 1.93 bits per heavy atom. The van der Waals surface area contributed by atoms with Gasteiger partial charge in [0.25, 0.3) is 0 Å². The van der Waals surface area contributed by atoms with Gasteiger partial charge in [0.05, 0.1) is 12.2 Å². The molecular weight excluding hydrogens is 340 g/mol. The molecule has 0 heterocycles. The van der Waals surface area contributed by atoms with Crippen LogP contribution in [0.5, 0.6) is 11.5 Å². The molecule has 0 spiro atoms. The summed E-state index contributed by atoms with van der Waals surface area (Å²) in [7, 11) is 0. The van der Waals surface area contributed by atoms with Crippen molar-refractivity contribution in [3.05, 3.63) is 96.1 Å². The minimum Gasteiger partial charge on any atom is -0.493 e. The highest BCUT2D eigenvalue weighted by atomic mass is 16.6. The molecule has 0 aliphatic heterocycles. The number of benzene rings is 3. The first-order valence-corrected chi connectivity index (χ1v) is 8.93. The van der Waals surface area contributed by atoms with Crippen molar-refractivity contribution in [3.8, 4) is 11.5 Å². The zero-order valence-electron chi connectivity index (χ0n) is 15.0. The summed E-state index contributed by atoms with van der Waals surface area (Å²) < 4.78 is 16.4. The Kier molecular flexibility index (Phi) is 6.87. The lowest BCUT2D eigenvalue weighted by Gasteiger charge is -2.09. The number of hydrogen-bond donors (Lipinski definition) is 0. The van der Waals surface area contributed by atoms with Crippen molar-refractivity contribution in [2.75, 3.05) is 19.8 Å². The van der Waals surface area contributed by atoms with E-state index in [0.29, 0.717) is 18.8 Å². The van der Waals surface area contributed by atoms with Crippen molar-refractivity contribution >= 4 is 5.97 Å². The van der Waals surface area contributed by atoms with Gasteiger partial charge in [-0.15, -0.1) is 0 Å². The first kappa shape index (κ1) is 18.5. The van der Waals surface area contributed by atoms with Crippen molar-refractivity contribution in [3.63, 3.8) is 0 Å². The van der Waals surface area contributed by atoms with Crippen LogP contribution >= 0.6 is 0 Å². The van der Waals surface area contributed by atoms with E-state index in [2.05, 4.69) is 12.1 Å². The summed E-state index contributed by atoms with van der Waals surface area (Å²) in [5, 5.41) is 0. The van der Waals surface area contributed by atoms with Gasteiger partial charge in [0.2, 0.25) is 0 Å². The second kappa shape index (κ2) is 10.0. The number of carbonyl (C=O) groups is 1. The van der Waals surface area contributed by atoms with Gasteiger partial charge in [-0.2, -0.15) is 0 Å². The van der Waals surface area contributed by atoms with Gasteiger partial charge in [-0.3, -0.25) is 0 Å². The van der Waals surface area contributed by atoms with Crippen molar-refractivity contribution in [1.29, 1.82) is 0 Å². The number of esters is 1. The lowest BCUT2D eigenvalue weighted by Crippen LogP contribution is -2.12. The SMILES string of the molecule is O=C(OCCOc1ccccc1)c1ccc(OCCc2ccccc2)cc1. The average Bonchev–Trinajstić information content (AvgIpc) is 2.73. The average molecular weight is 362 g/mol. The first-order valence-electron chi connectivity index (χ1n) is 8.93. The van der Waals surface area contributed by atoms with Crippen LogP contribution in [0.3, 0.4) is 0 Å². The predicted molar refractivity (Wildman–Crippen MR) is 104 cm³/mol. The topological polar surface area (TPSA) is 44.8 Å². The zero-order valence-corrected chi connectivity index (χ0v) is 15.0. The van der Waals surface area contributed by atoms with Crippen LogP contribution in [0.1, 0.15) is 15.9 Å². The molecule has 0 aliphatic carbocycles. The fourth-order valence-electron chi connectivity index (χ4n) is 2.51. The van der Waals surface area contributed by atoms with Crippen LogP contribution in [-0.4, -0.2) is 25.8 Å². The molecule has 3 aromatic carbocycles. The number of carbonyl (C=O) groups excluding carboxylic acids is 1. The Hall–Kier alpha value is -3.27. The van der Waals surface area contributed by atoms with E-state index >= 15 is 0 Å². The summed E-state index contributed by atoms with van der Waals surface area (Å²) >= 11 is 0. The van der Waals surface area contributed by atoms with Gasteiger partial charge in [-0.25, -0.2) is 4.79 Å². The van der Waals surface area contributed by atoms with E-state index in [4.69, 9.17) is 14.2 Å². The van der Waals surface area contributed by atoms with Gasteiger partial charge < -0.3 is 14.2 Å². The van der Waals surface area contributed by atoms with Crippen molar-refractivity contribution in [2.45, 2.75) is 6.42 Å². The molecule has 0 N–H and O–H groups in total. The summed E-state index contributed by atoms with van der Waals surface area (Å²) in [6.07, 6.45) is 0.839. The Morgan fingerprint density at radius 2 is 1.22 bits per heavy atom. The molecule has 27 heavy (non-hydrogen) atoms. The molecule has 3 aromatic rings. The molecule has 0 fully saturated rings. The molecule has 0 aromatic heterocycles. The normalized spacial score (nSPS) is 10.2. The van der Waals surface area contributed by atoms with Crippen molar-refractivity contribution < 1.29 is 19.0 Å². The van der Waals surface area contributed by atoms with Crippen LogP contribution < -0.4 is 9.47 Å². The standard InChI is InChI=1S/C23H22O4/c24-23(27-18-17-26-21-9-5-2-6-10-21)20-11-13-22(14-12-20)25-16-15-19-7-3-1-4-8-19/h1-14H,15-18H2. The van der Waals surface area contributed by atoms with Crippen LogP contribution in [0.25, 0.3) is 0 Å². The lowest BCUT2D eigenvalue weighted by molar-refractivity contribution is 0.0450. The molecule has 4 heteroatoms. The third-order valence-corrected chi connectivity index (χ3v) is 3.92. The summed E-state index contributed by atoms with van der Waals surface area (Å²) in [5.41, 5.74) is 1.72. The Bertz CT molecular complexity index is 814.